The molecular formula is C19H33IN4O4S. The minimum Gasteiger partial charge on any atom is -0.497 e. The molecular weight excluding hydrogens is 507 g/mol. The van der Waals surface area contributed by atoms with Crippen LogP contribution in [0.3, 0.4) is 0 Å². The van der Waals surface area contributed by atoms with E-state index in [1.807, 2.05) is 31.2 Å². The molecule has 8 nitrogen and oxygen atoms in total. The summed E-state index contributed by atoms with van der Waals surface area (Å²) in [4.78, 5) is 4.50. The SMILES string of the molecule is CCNC(=NCc1ccc(OC)cc1)NCCS(=O)(=O)NCC1CCCCO1.I. The predicted molar refractivity (Wildman–Crippen MR) is 127 cm³/mol. The van der Waals surface area contributed by atoms with E-state index in [2.05, 4.69) is 20.3 Å². The fourth-order valence-electron chi connectivity index (χ4n) is 2.81. The first-order valence-corrected chi connectivity index (χ1v) is 11.4. The first kappa shape index (κ1) is 25.9. The van der Waals surface area contributed by atoms with Crippen molar-refractivity contribution in [3.8, 4) is 5.75 Å². The van der Waals surface area contributed by atoms with E-state index >= 15 is 0 Å². The molecule has 1 atom stereocenters. The van der Waals surface area contributed by atoms with Gasteiger partial charge >= 0.3 is 0 Å². The molecule has 1 aromatic rings. The van der Waals surface area contributed by atoms with Gasteiger partial charge in [0.1, 0.15) is 5.75 Å². The number of hydrogen-bond acceptors (Lipinski definition) is 5. The summed E-state index contributed by atoms with van der Waals surface area (Å²) in [5.74, 6) is 1.37. The second-order valence-electron chi connectivity index (χ2n) is 6.63. The number of rotatable bonds is 10. The van der Waals surface area contributed by atoms with E-state index in [-0.39, 0.29) is 42.4 Å². The molecule has 1 aliphatic rings. The Bertz CT molecular complexity index is 707. The number of halogens is 1. The van der Waals surface area contributed by atoms with Crippen LogP contribution in [0.25, 0.3) is 0 Å². The molecule has 2 rings (SSSR count). The lowest BCUT2D eigenvalue weighted by atomic mass is 10.1. The van der Waals surface area contributed by atoms with Crippen LogP contribution in [0, 0.1) is 0 Å². The summed E-state index contributed by atoms with van der Waals surface area (Å²) in [5, 5.41) is 6.20. The lowest BCUT2D eigenvalue weighted by Crippen LogP contribution is -2.42. The van der Waals surface area contributed by atoms with Crippen molar-refractivity contribution in [2.45, 2.75) is 38.8 Å². The molecule has 0 bridgehead atoms. The Labute approximate surface area is 191 Å². The number of benzene rings is 1. The van der Waals surface area contributed by atoms with Crippen LogP contribution in [0.15, 0.2) is 29.3 Å². The summed E-state index contributed by atoms with van der Waals surface area (Å²) in [6.45, 7) is 4.47. The zero-order chi connectivity index (χ0) is 20.2. The van der Waals surface area contributed by atoms with Gasteiger partial charge in [0.15, 0.2) is 5.96 Å². The largest absolute Gasteiger partial charge is 0.497 e. The predicted octanol–water partition coefficient (Wildman–Crippen LogP) is 1.86. The standard InChI is InChI=1S/C19H32N4O4S.HI/c1-3-20-19(22-14-16-7-9-17(26-2)10-8-16)21-11-13-28(24,25)23-15-18-6-4-5-12-27-18;/h7-10,18,23H,3-6,11-15H2,1-2H3,(H2,20,21,22);1H. The average molecular weight is 540 g/mol. The molecule has 0 radical (unpaired) electrons. The Morgan fingerprint density at radius 3 is 2.62 bits per heavy atom. The van der Waals surface area contributed by atoms with Gasteiger partial charge < -0.3 is 20.1 Å². The summed E-state index contributed by atoms with van der Waals surface area (Å²) in [6, 6.07) is 7.68. The maximum Gasteiger partial charge on any atom is 0.213 e. The number of nitrogens with zero attached hydrogens (tertiary/aromatic N) is 1. The fraction of sp³-hybridized carbons (Fsp3) is 0.632. The van der Waals surface area contributed by atoms with Crippen LogP contribution in [-0.2, 0) is 21.3 Å². The molecule has 0 spiro atoms. The summed E-state index contributed by atoms with van der Waals surface area (Å²) in [7, 11) is -1.73. The third kappa shape index (κ3) is 10.5. The minimum absolute atomic E-state index is 0. The van der Waals surface area contributed by atoms with Gasteiger partial charge in [-0.1, -0.05) is 12.1 Å². The third-order valence-electron chi connectivity index (χ3n) is 4.39. The Hall–Kier alpha value is -1.11. The number of guanidine groups is 1. The van der Waals surface area contributed by atoms with Crippen LogP contribution in [0.5, 0.6) is 5.75 Å². The maximum atomic E-state index is 12.2. The van der Waals surface area contributed by atoms with Crippen molar-refractivity contribution in [3.63, 3.8) is 0 Å². The summed E-state index contributed by atoms with van der Waals surface area (Å²) < 4.78 is 37.7. The van der Waals surface area contributed by atoms with E-state index in [1.165, 1.54) is 0 Å². The number of hydrogen-bond donors (Lipinski definition) is 3. The van der Waals surface area contributed by atoms with Gasteiger partial charge in [0.2, 0.25) is 10.0 Å². The zero-order valence-electron chi connectivity index (χ0n) is 17.1. The van der Waals surface area contributed by atoms with Gasteiger partial charge in [-0.25, -0.2) is 18.1 Å². The smallest absolute Gasteiger partial charge is 0.213 e. The molecule has 3 N–H and O–H groups in total. The molecule has 1 aliphatic heterocycles. The molecule has 10 heteroatoms. The normalized spacial score (nSPS) is 17.3. The highest BCUT2D eigenvalue weighted by molar-refractivity contribution is 14.0. The van der Waals surface area contributed by atoms with Gasteiger partial charge in [0.05, 0.1) is 25.5 Å². The Balaban J connectivity index is 0.00000420. The highest BCUT2D eigenvalue weighted by Crippen LogP contribution is 2.12. The van der Waals surface area contributed by atoms with Crippen molar-refractivity contribution >= 4 is 40.0 Å². The third-order valence-corrected chi connectivity index (χ3v) is 5.74. The molecule has 1 fully saturated rings. The second-order valence-corrected chi connectivity index (χ2v) is 8.55. The molecule has 1 heterocycles. The van der Waals surface area contributed by atoms with Gasteiger partial charge in [-0.3, -0.25) is 0 Å². The van der Waals surface area contributed by atoms with Crippen molar-refractivity contribution in [2.75, 3.05) is 39.1 Å². The topological polar surface area (TPSA) is 101 Å². The van der Waals surface area contributed by atoms with E-state index < -0.39 is 10.0 Å². The van der Waals surface area contributed by atoms with Crippen molar-refractivity contribution in [1.82, 2.24) is 15.4 Å². The van der Waals surface area contributed by atoms with Gasteiger partial charge in [-0.2, -0.15) is 0 Å². The molecule has 29 heavy (non-hydrogen) atoms. The van der Waals surface area contributed by atoms with E-state index in [9.17, 15) is 8.42 Å². The van der Waals surface area contributed by atoms with Crippen molar-refractivity contribution in [1.29, 1.82) is 0 Å². The number of aliphatic imine (C=N–C) groups is 1. The van der Waals surface area contributed by atoms with Crippen LogP contribution in [0.1, 0.15) is 31.7 Å². The molecule has 0 aromatic heterocycles. The monoisotopic (exact) mass is 540 g/mol. The Morgan fingerprint density at radius 2 is 2.00 bits per heavy atom. The second kappa shape index (κ2) is 14.0. The minimum atomic E-state index is -3.36. The van der Waals surface area contributed by atoms with Gasteiger partial charge in [-0.15, -0.1) is 24.0 Å². The highest BCUT2D eigenvalue weighted by atomic mass is 127. The molecule has 1 saturated heterocycles. The van der Waals surface area contributed by atoms with E-state index in [1.54, 1.807) is 7.11 Å². The Morgan fingerprint density at radius 1 is 1.24 bits per heavy atom. The lowest BCUT2D eigenvalue weighted by Gasteiger charge is -2.22. The Kier molecular flexibility index (Phi) is 12.5. The van der Waals surface area contributed by atoms with Gasteiger partial charge in [0, 0.05) is 26.2 Å². The number of ether oxygens (including phenoxy) is 2. The number of sulfonamides is 1. The molecule has 1 aromatic carbocycles. The van der Waals surface area contributed by atoms with Crippen molar-refractivity contribution in [3.05, 3.63) is 29.8 Å². The first-order chi connectivity index (χ1) is 13.5. The van der Waals surface area contributed by atoms with Crippen LogP contribution >= 0.6 is 24.0 Å². The summed E-state index contributed by atoms with van der Waals surface area (Å²) >= 11 is 0. The summed E-state index contributed by atoms with van der Waals surface area (Å²) in [5.41, 5.74) is 1.04. The van der Waals surface area contributed by atoms with Gasteiger partial charge in [0.25, 0.3) is 0 Å². The van der Waals surface area contributed by atoms with E-state index in [0.29, 0.717) is 32.2 Å². The summed E-state index contributed by atoms with van der Waals surface area (Å²) in [6.07, 6.45) is 3.03. The molecule has 1 unspecified atom stereocenters. The zero-order valence-corrected chi connectivity index (χ0v) is 20.3. The highest BCUT2D eigenvalue weighted by Gasteiger charge is 2.17. The van der Waals surface area contributed by atoms with Gasteiger partial charge in [-0.05, 0) is 43.9 Å². The van der Waals surface area contributed by atoms with E-state index in [0.717, 1.165) is 30.6 Å². The number of methoxy groups -OCH3 is 1. The number of nitrogens with one attached hydrogen (secondary N) is 3. The van der Waals surface area contributed by atoms with Crippen LogP contribution in [0.4, 0.5) is 0 Å². The van der Waals surface area contributed by atoms with Crippen molar-refractivity contribution < 1.29 is 17.9 Å². The lowest BCUT2D eigenvalue weighted by molar-refractivity contribution is 0.0200. The maximum absolute atomic E-state index is 12.2. The average Bonchev–Trinajstić information content (AvgIpc) is 2.71. The first-order valence-electron chi connectivity index (χ1n) is 9.76. The quantitative estimate of drug-likeness (QED) is 0.238. The molecule has 0 saturated carbocycles. The van der Waals surface area contributed by atoms with Crippen LogP contribution in [0.2, 0.25) is 0 Å². The molecule has 166 valence electrons. The van der Waals surface area contributed by atoms with Crippen LogP contribution in [-0.4, -0.2) is 59.6 Å². The van der Waals surface area contributed by atoms with Crippen LogP contribution < -0.4 is 20.1 Å². The van der Waals surface area contributed by atoms with Crippen molar-refractivity contribution in [2.24, 2.45) is 4.99 Å². The fourth-order valence-corrected chi connectivity index (χ4v) is 3.76. The molecule has 0 aliphatic carbocycles. The van der Waals surface area contributed by atoms with E-state index in [4.69, 9.17) is 9.47 Å². The molecule has 0 amide bonds.